The second-order valence-corrected chi connectivity index (χ2v) is 5.73. The molecule has 0 heterocycles. The number of ether oxygens (including phenoxy) is 1. The molecule has 0 aromatic rings. The molecule has 1 aliphatic carbocycles. The fourth-order valence-electron chi connectivity index (χ4n) is 2.57. The van der Waals surface area contributed by atoms with Crippen molar-refractivity contribution in [2.24, 2.45) is 17.2 Å². The van der Waals surface area contributed by atoms with Crippen LogP contribution in [0.5, 0.6) is 0 Å². The van der Waals surface area contributed by atoms with Crippen LogP contribution in [0, 0.1) is 11.3 Å². The van der Waals surface area contributed by atoms with Crippen molar-refractivity contribution in [1.82, 2.24) is 5.43 Å². The predicted molar refractivity (Wildman–Crippen MR) is 63.6 cm³/mol. The minimum absolute atomic E-state index is 0.0332. The van der Waals surface area contributed by atoms with Gasteiger partial charge in [-0.2, -0.15) is 0 Å². The molecule has 0 spiro atoms. The summed E-state index contributed by atoms with van der Waals surface area (Å²) in [6, 6.07) is 0. The van der Waals surface area contributed by atoms with Crippen LogP contribution in [0.2, 0.25) is 0 Å². The molecule has 1 aliphatic rings. The minimum atomic E-state index is -0.523. The average molecular weight is 228 g/mol. The molecule has 16 heavy (non-hydrogen) atoms. The van der Waals surface area contributed by atoms with Crippen LogP contribution in [0.1, 0.15) is 52.9 Å². The Balaban J connectivity index is 2.66. The third-order valence-electron chi connectivity index (χ3n) is 3.28. The number of hydrazine groups is 1. The van der Waals surface area contributed by atoms with Crippen molar-refractivity contribution in [3.05, 3.63) is 0 Å². The monoisotopic (exact) mass is 228 g/mol. The summed E-state index contributed by atoms with van der Waals surface area (Å²) in [5.41, 5.74) is 2.01. The molecule has 4 nitrogen and oxygen atoms in total. The number of carbonyl (C=O) groups excluding carboxylic acids is 1. The van der Waals surface area contributed by atoms with Crippen molar-refractivity contribution in [2.45, 2.75) is 59.0 Å². The summed E-state index contributed by atoms with van der Waals surface area (Å²) in [5.74, 6) is 5.55. The van der Waals surface area contributed by atoms with Crippen LogP contribution in [-0.4, -0.2) is 12.2 Å². The first kappa shape index (κ1) is 13.3. The van der Waals surface area contributed by atoms with E-state index >= 15 is 0 Å². The van der Waals surface area contributed by atoms with Crippen molar-refractivity contribution in [3.8, 4) is 0 Å². The Bertz CT molecular complexity index is 230. The van der Waals surface area contributed by atoms with Gasteiger partial charge in [-0.15, -0.1) is 0 Å². The zero-order valence-corrected chi connectivity index (χ0v) is 10.6. The van der Waals surface area contributed by atoms with Crippen molar-refractivity contribution in [3.63, 3.8) is 0 Å². The SMILES string of the molecule is CC(C)(C)C(OC(=O)NN)C1CCCCC1. The zero-order valence-electron chi connectivity index (χ0n) is 10.6. The Morgan fingerprint density at radius 1 is 1.31 bits per heavy atom. The molecule has 0 aromatic carbocycles. The second-order valence-electron chi connectivity index (χ2n) is 5.73. The van der Waals surface area contributed by atoms with Crippen molar-refractivity contribution in [1.29, 1.82) is 0 Å². The number of hydrogen-bond donors (Lipinski definition) is 2. The van der Waals surface area contributed by atoms with Crippen molar-refractivity contribution < 1.29 is 9.53 Å². The summed E-state index contributed by atoms with van der Waals surface area (Å²) in [7, 11) is 0. The number of rotatable bonds is 2. The lowest BCUT2D eigenvalue weighted by Crippen LogP contribution is -2.43. The topological polar surface area (TPSA) is 64.3 Å². The van der Waals surface area contributed by atoms with Crippen molar-refractivity contribution >= 4 is 6.09 Å². The molecule has 94 valence electrons. The third kappa shape index (κ3) is 3.67. The lowest BCUT2D eigenvalue weighted by atomic mass is 9.75. The zero-order chi connectivity index (χ0) is 12.2. The lowest BCUT2D eigenvalue weighted by Gasteiger charge is -2.38. The van der Waals surface area contributed by atoms with E-state index in [0.717, 1.165) is 12.8 Å². The van der Waals surface area contributed by atoms with Gasteiger partial charge in [0.2, 0.25) is 0 Å². The molecule has 4 heteroatoms. The molecule has 0 bridgehead atoms. The van der Waals surface area contributed by atoms with Gasteiger partial charge in [-0.05, 0) is 24.2 Å². The Kier molecular flexibility index (Phi) is 4.59. The van der Waals surface area contributed by atoms with Gasteiger partial charge in [0, 0.05) is 0 Å². The van der Waals surface area contributed by atoms with Crippen LogP contribution in [-0.2, 0) is 4.74 Å². The van der Waals surface area contributed by atoms with Crippen LogP contribution in [0.25, 0.3) is 0 Å². The van der Waals surface area contributed by atoms with Gasteiger partial charge in [0.15, 0.2) is 0 Å². The second kappa shape index (κ2) is 5.53. The van der Waals surface area contributed by atoms with Crippen molar-refractivity contribution in [2.75, 3.05) is 0 Å². The van der Waals surface area contributed by atoms with Gasteiger partial charge in [-0.3, -0.25) is 5.43 Å². The van der Waals surface area contributed by atoms with E-state index < -0.39 is 6.09 Å². The highest BCUT2D eigenvalue weighted by Crippen LogP contribution is 2.36. The summed E-state index contributed by atoms with van der Waals surface area (Å²) in [4.78, 5) is 11.3. The van der Waals surface area contributed by atoms with Gasteiger partial charge in [0.25, 0.3) is 0 Å². The first-order valence-electron chi connectivity index (χ1n) is 6.12. The smallest absolute Gasteiger partial charge is 0.421 e. The number of nitrogens with two attached hydrogens (primary N) is 1. The Hall–Kier alpha value is -0.770. The fraction of sp³-hybridized carbons (Fsp3) is 0.917. The van der Waals surface area contributed by atoms with E-state index in [0.29, 0.717) is 5.92 Å². The molecular weight excluding hydrogens is 204 g/mol. The molecule has 1 rings (SSSR count). The third-order valence-corrected chi connectivity index (χ3v) is 3.28. The number of hydrogen-bond acceptors (Lipinski definition) is 3. The molecule has 1 unspecified atom stereocenters. The first-order chi connectivity index (χ1) is 7.45. The lowest BCUT2D eigenvalue weighted by molar-refractivity contribution is -0.0186. The van der Waals surface area contributed by atoms with Crippen LogP contribution in [0.4, 0.5) is 4.79 Å². The molecule has 1 amide bonds. The standard InChI is InChI=1S/C12H24N2O2/c1-12(2,3)10(16-11(15)14-13)9-7-5-4-6-8-9/h9-10H,4-8,13H2,1-3H3,(H,14,15). The minimum Gasteiger partial charge on any atom is -0.444 e. The largest absolute Gasteiger partial charge is 0.444 e. The first-order valence-corrected chi connectivity index (χ1v) is 6.12. The quantitative estimate of drug-likeness (QED) is 0.434. The van der Waals surface area contributed by atoms with E-state index in [1.807, 2.05) is 5.43 Å². The summed E-state index contributed by atoms with van der Waals surface area (Å²) in [5, 5.41) is 0. The molecule has 0 radical (unpaired) electrons. The van der Waals surface area contributed by atoms with Crippen LogP contribution < -0.4 is 11.3 Å². The summed E-state index contributed by atoms with van der Waals surface area (Å²) < 4.78 is 5.43. The Morgan fingerprint density at radius 2 is 1.88 bits per heavy atom. The molecule has 1 saturated carbocycles. The van der Waals surface area contributed by atoms with Crippen LogP contribution >= 0.6 is 0 Å². The van der Waals surface area contributed by atoms with Gasteiger partial charge in [-0.1, -0.05) is 40.0 Å². The Morgan fingerprint density at radius 3 is 2.31 bits per heavy atom. The van der Waals surface area contributed by atoms with Gasteiger partial charge in [0.1, 0.15) is 6.10 Å². The Labute approximate surface area is 97.9 Å². The summed E-state index contributed by atoms with van der Waals surface area (Å²) >= 11 is 0. The molecule has 3 N–H and O–H groups in total. The van der Waals surface area contributed by atoms with E-state index in [1.165, 1.54) is 19.3 Å². The highest BCUT2D eigenvalue weighted by molar-refractivity contribution is 5.66. The normalized spacial score (nSPS) is 20.2. The maximum absolute atomic E-state index is 11.3. The predicted octanol–water partition coefficient (Wildman–Crippen LogP) is 2.58. The number of nitrogens with one attached hydrogen (secondary N) is 1. The van der Waals surface area contributed by atoms with E-state index in [-0.39, 0.29) is 11.5 Å². The molecular formula is C12H24N2O2. The van der Waals surface area contributed by atoms with Gasteiger partial charge in [-0.25, -0.2) is 10.6 Å². The molecule has 0 saturated heterocycles. The molecule has 0 aliphatic heterocycles. The highest BCUT2D eigenvalue weighted by Gasteiger charge is 2.35. The number of amides is 1. The highest BCUT2D eigenvalue weighted by atomic mass is 16.6. The molecule has 1 atom stereocenters. The number of carbonyl (C=O) groups is 1. The van der Waals surface area contributed by atoms with Gasteiger partial charge >= 0.3 is 6.09 Å². The maximum Gasteiger partial charge on any atom is 0.421 e. The summed E-state index contributed by atoms with van der Waals surface area (Å²) in [6.07, 6.45) is 5.52. The summed E-state index contributed by atoms with van der Waals surface area (Å²) in [6.45, 7) is 6.32. The van der Waals surface area contributed by atoms with E-state index in [2.05, 4.69) is 20.8 Å². The van der Waals surface area contributed by atoms with E-state index in [4.69, 9.17) is 10.6 Å². The van der Waals surface area contributed by atoms with Gasteiger partial charge in [0.05, 0.1) is 0 Å². The van der Waals surface area contributed by atoms with Crippen LogP contribution in [0.15, 0.2) is 0 Å². The maximum atomic E-state index is 11.3. The molecule has 0 aromatic heterocycles. The fourth-order valence-corrected chi connectivity index (χ4v) is 2.57. The van der Waals surface area contributed by atoms with E-state index in [1.54, 1.807) is 0 Å². The average Bonchev–Trinajstić information content (AvgIpc) is 2.25. The van der Waals surface area contributed by atoms with Gasteiger partial charge < -0.3 is 4.74 Å². The molecule has 1 fully saturated rings. The van der Waals surface area contributed by atoms with Crippen LogP contribution in [0.3, 0.4) is 0 Å². The van der Waals surface area contributed by atoms with E-state index in [9.17, 15) is 4.79 Å².